The van der Waals surface area contributed by atoms with Gasteiger partial charge in [0.05, 0.1) is 6.04 Å². The summed E-state index contributed by atoms with van der Waals surface area (Å²) in [7, 11) is 0. The molecule has 0 saturated heterocycles. The number of H-pyrrole nitrogens is 1. The second kappa shape index (κ2) is 5.23. The van der Waals surface area contributed by atoms with Crippen LogP contribution in [0.3, 0.4) is 0 Å². The van der Waals surface area contributed by atoms with Crippen LogP contribution in [-0.2, 0) is 4.79 Å². The lowest BCUT2D eigenvalue weighted by molar-refractivity contribution is -0.118. The molecule has 4 nitrogen and oxygen atoms in total. The Morgan fingerprint density at radius 2 is 2.22 bits per heavy atom. The highest BCUT2D eigenvalue weighted by molar-refractivity contribution is 5.96. The van der Waals surface area contributed by atoms with E-state index >= 15 is 0 Å². The SMILES string of the molecule is CCC(C)C(N)C(=O)Nc1ccc2[nH]ccc2c1. The molecule has 0 aliphatic rings. The van der Waals surface area contributed by atoms with Crippen molar-refractivity contribution in [3.8, 4) is 0 Å². The number of benzene rings is 1. The van der Waals surface area contributed by atoms with Crippen LogP contribution in [-0.4, -0.2) is 16.9 Å². The molecule has 2 atom stereocenters. The highest BCUT2D eigenvalue weighted by Gasteiger charge is 2.19. The molecule has 0 saturated carbocycles. The fraction of sp³-hybridized carbons (Fsp3) is 0.357. The lowest BCUT2D eigenvalue weighted by Gasteiger charge is -2.17. The van der Waals surface area contributed by atoms with E-state index in [1.165, 1.54) is 0 Å². The standard InChI is InChI=1S/C14H19N3O/c1-3-9(2)13(15)14(18)17-11-4-5-12-10(8-11)6-7-16-12/h4-9,13,16H,3,15H2,1-2H3,(H,17,18). The number of fused-ring (bicyclic) bond motifs is 1. The first-order valence-electron chi connectivity index (χ1n) is 6.25. The van der Waals surface area contributed by atoms with E-state index in [1.54, 1.807) is 0 Å². The Bertz CT molecular complexity index is 547. The monoisotopic (exact) mass is 245 g/mol. The van der Waals surface area contributed by atoms with Crippen molar-refractivity contribution in [2.75, 3.05) is 5.32 Å². The summed E-state index contributed by atoms with van der Waals surface area (Å²) < 4.78 is 0. The summed E-state index contributed by atoms with van der Waals surface area (Å²) in [6, 6.07) is 7.27. The van der Waals surface area contributed by atoms with Crippen LogP contribution < -0.4 is 11.1 Å². The number of nitrogens with one attached hydrogen (secondary N) is 2. The van der Waals surface area contributed by atoms with Gasteiger partial charge in [-0.15, -0.1) is 0 Å². The molecule has 4 N–H and O–H groups in total. The first-order valence-corrected chi connectivity index (χ1v) is 6.25. The number of carbonyl (C=O) groups excluding carboxylic acids is 1. The van der Waals surface area contributed by atoms with Gasteiger partial charge in [0.2, 0.25) is 5.91 Å². The van der Waals surface area contributed by atoms with Crippen molar-refractivity contribution in [2.45, 2.75) is 26.3 Å². The highest BCUT2D eigenvalue weighted by Crippen LogP contribution is 2.18. The van der Waals surface area contributed by atoms with Crippen molar-refractivity contribution in [2.24, 2.45) is 11.7 Å². The molecule has 0 fully saturated rings. The van der Waals surface area contributed by atoms with Gasteiger partial charge in [0.15, 0.2) is 0 Å². The Morgan fingerprint density at radius 1 is 1.44 bits per heavy atom. The van der Waals surface area contributed by atoms with Gasteiger partial charge in [0, 0.05) is 22.8 Å². The number of anilines is 1. The molecule has 0 spiro atoms. The Kier molecular flexibility index (Phi) is 3.67. The summed E-state index contributed by atoms with van der Waals surface area (Å²) in [5, 5.41) is 3.94. The number of aromatic amines is 1. The van der Waals surface area contributed by atoms with Gasteiger partial charge in [-0.3, -0.25) is 4.79 Å². The van der Waals surface area contributed by atoms with E-state index < -0.39 is 6.04 Å². The van der Waals surface area contributed by atoms with Crippen LogP contribution in [0.5, 0.6) is 0 Å². The Labute approximate surface area is 107 Å². The second-order valence-corrected chi connectivity index (χ2v) is 4.68. The van der Waals surface area contributed by atoms with Gasteiger partial charge in [-0.05, 0) is 30.2 Å². The minimum absolute atomic E-state index is 0.126. The van der Waals surface area contributed by atoms with Crippen LogP contribution in [0.1, 0.15) is 20.3 Å². The molecule has 18 heavy (non-hydrogen) atoms. The normalized spacial score (nSPS) is 14.4. The Hall–Kier alpha value is -1.81. The molecule has 0 aliphatic heterocycles. The van der Waals surface area contributed by atoms with Crippen molar-refractivity contribution in [3.05, 3.63) is 30.5 Å². The van der Waals surface area contributed by atoms with E-state index in [4.69, 9.17) is 5.73 Å². The smallest absolute Gasteiger partial charge is 0.241 e. The number of nitrogens with two attached hydrogens (primary N) is 1. The summed E-state index contributed by atoms with van der Waals surface area (Å²) in [6.07, 6.45) is 2.77. The maximum Gasteiger partial charge on any atom is 0.241 e. The molecule has 2 rings (SSSR count). The Balaban J connectivity index is 2.10. The number of rotatable bonds is 4. The van der Waals surface area contributed by atoms with Crippen molar-refractivity contribution in [1.82, 2.24) is 4.98 Å². The van der Waals surface area contributed by atoms with Gasteiger partial charge < -0.3 is 16.0 Å². The zero-order chi connectivity index (χ0) is 13.1. The predicted octanol–water partition coefficient (Wildman–Crippen LogP) is 2.48. The van der Waals surface area contributed by atoms with Crippen molar-refractivity contribution in [3.63, 3.8) is 0 Å². The maximum absolute atomic E-state index is 11.9. The van der Waals surface area contributed by atoms with E-state index in [9.17, 15) is 4.79 Å². The topological polar surface area (TPSA) is 70.9 Å². The summed E-state index contributed by atoms with van der Waals surface area (Å²) in [4.78, 5) is 15.1. The molecule has 1 aromatic heterocycles. The zero-order valence-electron chi connectivity index (χ0n) is 10.7. The van der Waals surface area contributed by atoms with Gasteiger partial charge >= 0.3 is 0 Å². The minimum atomic E-state index is -0.461. The molecule has 96 valence electrons. The second-order valence-electron chi connectivity index (χ2n) is 4.68. The van der Waals surface area contributed by atoms with E-state index in [0.29, 0.717) is 0 Å². The molecule has 1 aromatic carbocycles. The minimum Gasteiger partial charge on any atom is -0.361 e. The van der Waals surface area contributed by atoms with Crippen LogP contribution in [0.25, 0.3) is 10.9 Å². The van der Waals surface area contributed by atoms with E-state index in [2.05, 4.69) is 10.3 Å². The van der Waals surface area contributed by atoms with Gasteiger partial charge in [-0.25, -0.2) is 0 Å². The third-order valence-corrected chi connectivity index (χ3v) is 3.38. The lowest BCUT2D eigenvalue weighted by Crippen LogP contribution is -2.40. The van der Waals surface area contributed by atoms with Crippen molar-refractivity contribution >= 4 is 22.5 Å². The molecule has 1 heterocycles. The molecule has 2 unspecified atom stereocenters. The largest absolute Gasteiger partial charge is 0.361 e. The van der Waals surface area contributed by atoms with Crippen LogP contribution >= 0.6 is 0 Å². The fourth-order valence-electron chi connectivity index (χ4n) is 1.87. The predicted molar refractivity (Wildman–Crippen MR) is 74.4 cm³/mol. The average Bonchev–Trinajstić information content (AvgIpc) is 2.84. The first kappa shape index (κ1) is 12.6. The molecule has 2 aromatic rings. The lowest BCUT2D eigenvalue weighted by atomic mass is 9.99. The van der Waals surface area contributed by atoms with E-state index in [-0.39, 0.29) is 11.8 Å². The molecule has 4 heteroatoms. The summed E-state index contributed by atoms with van der Waals surface area (Å²) in [5.74, 6) is 0.0558. The van der Waals surface area contributed by atoms with E-state index in [0.717, 1.165) is 23.0 Å². The molecule has 0 aliphatic carbocycles. The van der Waals surface area contributed by atoms with Crippen LogP contribution in [0, 0.1) is 5.92 Å². The third-order valence-electron chi connectivity index (χ3n) is 3.38. The maximum atomic E-state index is 11.9. The quantitative estimate of drug-likeness (QED) is 0.774. The van der Waals surface area contributed by atoms with Crippen molar-refractivity contribution in [1.29, 1.82) is 0 Å². The Morgan fingerprint density at radius 3 is 2.94 bits per heavy atom. The number of aromatic nitrogens is 1. The summed E-state index contributed by atoms with van der Waals surface area (Å²) in [5.41, 5.74) is 7.73. The molecule has 1 amide bonds. The highest BCUT2D eigenvalue weighted by atomic mass is 16.2. The summed E-state index contributed by atoms with van der Waals surface area (Å²) in [6.45, 7) is 4.02. The molecular formula is C14H19N3O. The molecular weight excluding hydrogens is 226 g/mol. The van der Waals surface area contributed by atoms with Crippen LogP contribution in [0.15, 0.2) is 30.5 Å². The fourth-order valence-corrected chi connectivity index (χ4v) is 1.87. The van der Waals surface area contributed by atoms with E-state index in [1.807, 2.05) is 44.3 Å². The van der Waals surface area contributed by atoms with Crippen LogP contribution in [0.2, 0.25) is 0 Å². The van der Waals surface area contributed by atoms with Crippen LogP contribution in [0.4, 0.5) is 5.69 Å². The number of carbonyl (C=O) groups is 1. The summed E-state index contributed by atoms with van der Waals surface area (Å²) >= 11 is 0. The first-order chi connectivity index (χ1) is 8.61. The molecule has 0 bridgehead atoms. The zero-order valence-corrected chi connectivity index (χ0v) is 10.7. The van der Waals surface area contributed by atoms with Gasteiger partial charge in [-0.1, -0.05) is 20.3 Å². The number of hydrogen-bond acceptors (Lipinski definition) is 2. The average molecular weight is 245 g/mol. The molecule has 0 radical (unpaired) electrons. The third kappa shape index (κ3) is 2.54. The number of amides is 1. The number of hydrogen-bond donors (Lipinski definition) is 3. The van der Waals surface area contributed by atoms with Gasteiger partial charge in [0.1, 0.15) is 0 Å². The van der Waals surface area contributed by atoms with Gasteiger partial charge in [0.25, 0.3) is 0 Å². The van der Waals surface area contributed by atoms with Crippen molar-refractivity contribution < 1.29 is 4.79 Å². The van der Waals surface area contributed by atoms with Gasteiger partial charge in [-0.2, -0.15) is 0 Å².